The van der Waals surface area contributed by atoms with Crippen molar-refractivity contribution in [3.63, 3.8) is 0 Å². The maximum atomic E-state index is 10.8. The zero-order chi connectivity index (χ0) is 13.3. The van der Waals surface area contributed by atoms with E-state index in [0.717, 1.165) is 6.42 Å². The quantitative estimate of drug-likeness (QED) is 0.483. The van der Waals surface area contributed by atoms with Gasteiger partial charge in [-0.05, 0) is 19.3 Å². The number of hydrogen-bond acceptors (Lipinski definition) is 4. The summed E-state index contributed by atoms with van der Waals surface area (Å²) in [4.78, 5) is 21.5. The number of carbonyl (C=O) groups excluding carboxylic acids is 2. The van der Waals surface area contributed by atoms with Crippen molar-refractivity contribution < 1.29 is 19.1 Å². The molecular weight excluding hydrogens is 220 g/mol. The molecule has 0 bridgehead atoms. The summed E-state index contributed by atoms with van der Waals surface area (Å²) < 4.78 is 10.0. The van der Waals surface area contributed by atoms with Crippen molar-refractivity contribution in [3.8, 4) is 0 Å². The molecule has 0 aliphatic carbocycles. The van der Waals surface area contributed by atoms with Crippen molar-refractivity contribution in [2.24, 2.45) is 0 Å². The topological polar surface area (TPSA) is 52.6 Å². The van der Waals surface area contributed by atoms with Gasteiger partial charge in [0.15, 0.2) is 0 Å². The summed E-state index contributed by atoms with van der Waals surface area (Å²) in [5.41, 5.74) is 0. The number of esters is 2. The van der Waals surface area contributed by atoms with Gasteiger partial charge in [0.1, 0.15) is 12.2 Å². The highest BCUT2D eigenvalue weighted by atomic mass is 16.5. The minimum absolute atomic E-state index is 0.282. The summed E-state index contributed by atoms with van der Waals surface area (Å²) in [6.45, 7) is 9.92. The van der Waals surface area contributed by atoms with Crippen LogP contribution in [-0.2, 0) is 19.1 Å². The monoisotopic (exact) mass is 240 g/mol. The van der Waals surface area contributed by atoms with Gasteiger partial charge in [-0.3, -0.25) is 9.59 Å². The second-order valence-electron chi connectivity index (χ2n) is 3.70. The summed E-state index contributed by atoms with van der Waals surface area (Å²) in [5.74, 6) is -0.648. The van der Waals surface area contributed by atoms with Crippen LogP contribution in [0.4, 0.5) is 0 Å². The fourth-order valence-corrected chi connectivity index (χ4v) is 1.40. The van der Waals surface area contributed by atoms with Crippen LogP contribution < -0.4 is 0 Å². The Hall–Kier alpha value is -1.58. The maximum absolute atomic E-state index is 10.8. The zero-order valence-corrected chi connectivity index (χ0v) is 10.5. The zero-order valence-electron chi connectivity index (χ0n) is 10.5. The SMILES string of the molecule is C=C[C@H](CCC[C@@H](C=C)OC(C)=O)OC(C)=O. The molecule has 0 aliphatic heterocycles. The van der Waals surface area contributed by atoms with E-state index in [-0.39, 0.29) is 24.1 Å². The van der Waals surface area contributed by atoms with Gasteiger partial charge in [0, 0.05) is 13.8 Å². The van der Waals surface area contributed by atoms with Gasteiger partial charge in [0.2, 0.25) is 0 Å². The maximum Gasteiger partial charge on any atom is 0.303 e. The molecule has 0 aliphatic rings. The van der Waals surface area contributed by atoms with Crippen LogP contribution in [-0.4, -0.2) is 24.1 Å². The second kappa shape index (κ2) is 8.56. The molecule has 4 nitrogen and oxygen atoms in total. The Bertz CT molecular complexity index is 255. The lowest BCUT2D eigenvalue weighted by Crippen LogP contribution is -2.16. The molecule has 0 heterocycles. The van der Waals surface area contributed by atoms with Crippen LogP contribution >= 0.6 is 0 Å². The van der Waals surface area contributed by atoms with Gasteiger partial charge in [-0.15, -0.1) is 0 Å². The van der Waals surface area contributed by atoms with Crippen LogP contribution in [0.1, 0.15) is 33.1 Å². The highest BCUT2D eigenvalue weighted by molar-refractivity contribution is 5.66. The Labute approximate surface area is 102 Å². The van der Waals surface area contributed by atoms with Crippen LogP contribution in [0.15, 0.2) is 25.3 Å². The fourth-order valence-electron chi connectivity index (χ4n) is 1.40. The first-order chi connectivity index (χ1) is 7.99. The lowest BCUT2D eigenvalue weighted by atomic mass is 10.1. The van der Waals surface area contributed by atoms with E-state index in [2.05, 4.69) is 13.2 Å². The van der Waals surface area contributed by atoms with E-state index >= 15 is 0 Å². The molecule has 0 amide bonds. The average molecular weight is 240 g/mol. The van der Waals surface area contributed by atoms with Crippen LogP contribution in [0.25, 0.3) is 0 Å². The summed E-state index contributed by atoms with van der Waals surface area (Å²) in [6.07, 6.45) is 4.70. The molecule has 17 heavy (non-hydrogen) atoms. The van der Waals surface area contributed by atoms with Crippen LogP contribution in [0.3, 0.4) is 0 Å². The molecule has 0 spiro atoms. The van der Waals surface area contributed by atoms with Gasteiger partial charge in [0.25, 0.3) is 0 Å². The highest BCUT2D eigenvalue weighted by Gasteiger charge is 2.11. The molecular formula is C13H20O4. The minimum Gasteiger partial charge on any atom is -0.458 e. The van der Waals surface area contributed by atoms with E-state index in [1.54, 1.807) is 12.2 Å². The van der Waals surface area contributed by atoms with Crippen molar-refractivity contribution in [1.29, 1.82) is 0 Å². The lowest BCUT2D eigenvalue weighted by molar-refractivity contribution is -0.144. The third-order valence-corrected chi connectivity index (χ3v) is 2.14. The molecule has 2 atom stereocenters. The molecule has 0 rings (SSSR count). The van der Waals surface area contributed by atoms with Crippen LogP contribution in [0, 0.1) is 0 Å². The first-order valence-electron chi connectivity index (χ1n) is 5.59. The molecule has 96 valence electrons. The molecule has 0 saturated carbocycles. The summed E-state index contributed by atoms with van der Waals surface area (Å²) >= 11 is 0. The highest BCUT2D eigenvalue weighted by Crippen LogP contribution is 2.11. The van der Waals surface area contributed by atoms with E-state index < -0.39 is 0 Å². The van der Waals surface area contributed by atoms with Crippen molar-refractivity contribution in [1.82, 2.24) is 0 Å². The average Bonchev–Trinajstić information content (AvgIpc) is 2.25. The number of ether oxygens (including phenoxy) is 2. The van der Waals surface area contributed by atoms with E-state index in [1.165, 1.54) is 13.8 Å². The van der Waals surface area contributed by atoms with Crippen molar-refractivity contribution in [3.05, 3.63) is 25.3 Å². The Kier molecular flexibility index (Phi) is 7.76. The second-order valence-corrected chi connectivity index (χ2v) is 3.70. The molecule has 0 unspecified atom stereocenters. The summed E-state index contributed by atoms with van der Waals surface area (Å²) in [6, 6.07) is 0. The fraction of sp³-hybridized carbons (Fsp3) is 0.538. The van der Waals surface area contributed by atoms with Gasteiger partial charge in [-0.1, -0.05) is 25.3 Å². The van der Waals surface area contributed by atoms with Crippen LogP contribution in [0.2, 0.25) is 0 Å². The van der Waals surface area contributed by atoms with Crippen molar-refractivity contribution in [2.75, 3.05) is 0 Å². The van der Waals surface area contributed by atoms with Gasteiger partial charge < -0.3 is 9.47 Å². The van der Waals surface area contributed by atoms with E-state index in [1.807, 2.05) is 0 Å². The smallest absolute Gasteiger partial charge is 0.303 e. The first-order valence-corrected chi connectivity index (χ1v) is 5.59. The number of hydrogen-bond donors (Lipinski definition) is 0. The number of rotatable bonds is 8. The van der Waals surface area contributed by atoms with Gasteiger partial charge in [-0.2, -0.15) is 0 Å². The molecule has 0 aromatic carbocycles. The third kappa shape index (κ3) is 8.25. The molecule has 0 aromatic heterocycles. The van der Waals surface area contributed by atoms with Crippen LogP contribution in [0.5, 0.6) is 0 Å². The molecule has 0 fully saturated rings. The lowest BCUT2D eigenvalue weighted by Gasteiger charge is -2.15. The van der Waals surface area contributed by atoms with E-state index in [4.69, 9.17) is 9.47 Å². The predicted octanol–water partition coefficient (Wildman–Crippen LogP) is 2.39. The largest absolute Gasteiger partial charge is 0.458 e. The Morgan fingerprint density at radius 2 is 1.35 bits per heavy atom. The normalized spacial score (nSPS) is 13.3. The third-order valence-electron chi connectivity index (χ3n) is 2.14. The number of carbonyl (C=O) groups is 2. The van der Waals surface area contributed by atoms with E-state index in [9.17, 15) is 9.59 Å². The summed E-state index contributed by atoms with van der Waals surface area (Å²) in [7, 11) is 0. The van der Waals surface area contributed by atoms with Gasteiger partial charge in [0.05, 0.1) is 0 Å². The minimum atomic E-state index is -0.324. The summed E-state index contributed by atoms with van der Waals surface area (Å²) in [5, 5.41) is 0. The van der Waals surface area contributed by atoms with E-state index in [0.29, 0.717) is 12.8 Å². The predicted molar refractivity (Wildman–Crippen MR) is 65.4 cm³/mol. The van der Waals surface area contributed by atoms with Gasteiger partial charge in [-0.25, -0.2) is 0 Å². The molecule has 4 heteroatoms. The molecule has 0 radical (unpaired) electrons. The van der Waals surface area contributed by atoms with Crippen molar-refractivity contribution >= 4 is 11.9 Å². The Morgan fingerprint density at radius 3 is 1.59 bits per heavy atom. The Morgan fingerprint density at radius 1 is 1.00 bits per heavy atom. The van der Waals surface area contributed by atoms with Crippen molar-refractivity contribution in [2.45, 2.75) is 45.3 Å². The molecule has 0 N–H and O–H groups in total. The Balaban J connectivity index is 3.92. The first kappa shape index (κ1) is 15.4. The molecule has 0 saturated heterocycles. The molecule has 0 aromatic rings. The standard InChI is InChI=1S/C13H20O4/c1-5-12(16-10(3)14)8-7-9-13(6-2)17-11(4)15/h5-6,12-13H,1-2,7-9H2,3-4H3/t12-,13-/m1/s1. The van der Waals surface area contributed by atoms with Gasteiger partial charge >= 0.3 is 11.9 Å².